The summed E-state index contributed by atoms with van der Waals surface area (Å²) in [6, 6.07) is 2.58. The van der Waals surface area contributed by atoms with E-state index in [-0.39, 0.29) is 5.56 Å². The van der Waals surface area contributed by atoms with E-state index in [2.05, 4.69) is 9.97 Å². The topological polar surface area (TPSA) is 28.7 Å². The summed E-state index contributed by atoms with van der Waals surface area (Å²) in [6.07, 6.45) is 2.77. The Morgan fingerprint density at radius 3 is 2.36 bits per heavy atom. The third-order valence-corrected chi connectivity index (χ3v) is 1.95. The Kier molecular flexibility index (Phi) is 2.04. The Morgan fingerprint density at radius 2 is 1.86 bits per heavy atom. The molecule has 1 N–H and O–H groups in total. The molecule has 0 spiro atoms. The molecule has 0 amide bonds. The lowest BCUT2D eigenvalue weighted by molar-refractivity contribution is 0.587. The number of aryl methyl sites for hydroxylation is 1. The first-order valence-corrected chi connectivity index (χ1v) is 4.13. The van der Waals surface area contributed by atoms with Gasteiger partial charge in [-0.05, 0) is 24.6 Å². The number of rotatable bonds is 1. The molecule has 0 radical (unpaired) electrons. The number of nitrogens with one attached hydrogen (secondary N) is 1. The number of imidazole rings is 1. The van der Waals surface area contributed by atoms with Crippen molar-refractivity contribution in [2.45, 2.75) is 6.92 Å². The monoisotopic (exact) mass is 194 g/mol. The van der Waals surface area contributed by atoms with Crippen LogP contribution in [-0.4, -0.2) is 9.97 Å². The summed E-state index contributed by atoms with van der Waals surface area (Å²) in [5.41, 5.74) is 0.844. The van der Waals surface area contributed by atoms with Gasteiger partial charge in [0.05, 0.1) is 23.8 Å². The number of aromatic amines is 1. The highest BCUT2D eigenvalue weighted by Gasteiger charge is 2.12. The minimum Gasteiger partial charge on any atom is -0.344 e. The van der Waals surface area contributed by atoms with E-state index in [0.29, 0.717) is 11.3 Å². The molecule has 0 aliphatic carbocycles. The molecule has 0 unspecified atom stereocenters. The first-order valence-electron chi connectivity index (χ1n) is 4.13. The largest absolute Gasteiger partial charge is 0.344 e. The Bertz CT molecular complexity index is 426. The molecule has 2 aromatic rings. The average Bonchev–Trinajstić information content (AvgIpc) is 2.54. The van der Waals surface area contributed by atoms with E-state index in [9.17, 15) is 8.78 Å². The summed E-state index contributed by atoms with van der Waals surface area (Å²) in [7, 11) is 0. The highest BCUT2D eigenvalue weighted by molar-refractivity contribution is 5.60. The maximum Gasteiger partial charge on any atom is 0.135 e. The molecule has 0 aliphatic heterocycles. The van der Waals surface area contributed by atoms with Crippen LogP contribution in [0.4, 0.5) is 8.78 Å². The van der Waals surface area contributed by atoms with Crippen molar-refractivity contribution in [3.63, 3.8) is 0 Å². The standard InChI is InChI=1S/C10H8F2N2/c1-6-2-7(11)10(8(12)3-6)9-4-13-5-14-9/h2-5H,1H3,(H,13,14). The van der Waals surface area contributed by atoms with Gasteiger partial charge in [0.1, 0.15) is 11.6 Å². The van der Waals surface area contributed by atoms with Gasteiger partial charge in [0.25, 0.3) is 0 Å². The fourth-order valence-electron chi connectivity index (χ4n) is 1.35. The van der Waals surface area contributed by atoms with E-state index in [0.717, 1.165) is 0 Å². The number of halogens is 2. The van der Waals surface area contributed by atoms with E-state index >= 15 is 0 Å². The Labute approximate surface area is 79.6 Å². The van der Waals surface area contributed by atoms with Crippen LogP contribution in [0.25, 0.3) is 11.3 Å². The fraction of sp³-hybridized carbons (Fsp3) is 0.100. The lowest BCUT2D eigenvalue weighted by Crippen LogP contribution is -1.91. The lowest BCUT2D eigenvalue weighted by Gasteiger charge is -2.03. The molecule has 2 rings (SSSR count). The van der Waals surface area contributed by atoms with Crippen molar-refractivity contribution in [1.29, 1.82) is 0 Å². The Balaban J connectivity index is 2.64. The van der Waals surface area contributed by atoms with Gasteiger partial charge in [0, 0.05) is 0 Å². The molecule has 1 heterocycles. The molecule has 1 aromatic carbocycles. The van der Waals surface area contributed by atoms with E-state index in [4.69, 9.17) is 0 Å². The first-order chi connectivity index (χ1) is 6.68. The van der Waals surface area contributed by atoms with Crippen LogP contribution < -0.4 is 0 Å². The zero-order valence-electron chi connectivity index (χ0n) is 7.51. The SMILES string of the molecule is Cc1cc(F)c(-c2cnc[nH]2)c(F)c1. The van der Waals surface area contributed by atoms with Crippen LogP contribution in [-0.2, 0) is 0 Å². The Hall–Kier alpha value is -1.71. The van der Waals surface area contributed by atoms with Gasteiger partial charge >= 0.3 is 0 Å². The van der Waals surface area contributed by atoms with Gasteiger partial charge in [0.15, 0.2) is 0 Å². The van der Waals surface area contributed by atoms with Gasteiger partial charge in [-0.25, -0.2) is 13.8 Å². The maximum atomic E-state index is 13.4. The van der Waals surface area contributed by atoms with Gasteiger partial charge in [-0.2, -0.15) is 0 Å². The van der Waals surface area contributed by atoms with Crippen LogP contribution in [0.5, 0.6) is 0 Å². The van der Waals surface area contributed by atoms with E-state index in [1.54, 1.807) is 6.92 Å². The van der Waals surface area contributed by atoms with Crippen molar-refractivity contribution in [3.8, 4) is 11.3 Å². The van der Waals surface area contributed by atoms with Crippen molar-refractivity contribution in [1.82, 2.24) is 9.97 Å². The molecule has 0 saturated heterocycles. The van der Waals surface area contributed by atoms with Crippen molar-refractivity contribution in [2.75, 3.05) is 0 Å². The fourth-order valence-corrected chi connectivity index (χ4v) is 1.35. The lowest BCUT2D eigenvalue weighted by atomic mass is 10.1. The van der Waals surface area contributed by atoms with Crippen LogP contribution >= 0.6 is 0 Å². The number of benzene rings is 1. The highest BCUT2D eigenvalue weighted by Crippen LogP contribution is 2.24. The summed E-state index contributed by atoms with van der Waals surface area (Å²) in [4.78, 5) is 6.38. The number of aromatic nitrogens is 2. The third-order valence-electron chi connectivity index (χ3n) is 1.95. The van der Waals surface area contributed by atoms with Crippen molar-refractivity contribution < 1.29 is 8.78 Å². The first kappa shape index (κ1) is 8.87. The summed E-state index contributed by atoms with van der Waals surface area (Å²) in [5.74, 6) is -1.15. The van der Waals surface area contributed by atoms with Crippen LogP contribution in [0, 0.1) is 18.6 Å². The number of nitrogens with zero attached hydrogens (tertiary/aromatic N) is 1. The van der Waals surface area contributed by atoms with Gasteiger partial charge in [-0.3, -0.25) is 0 Å². The number of H-pyrrole nitrogens is 1. The molecule has 0 saturated carbocycles. The molecular weight excluding hydrogens is 186 g/mol. The maximum absolute atomic E-state index is 13.4. The summed E-state index contributed by atoms with van der Waals surface area (Å²) in [5, 5.41) is 0. The van der Waals surface area contributed by atoms with Crippen LogP contribution in [0.2, 0.25) is 0 Å². The predicted octanol–water partition coefficient (Wildman–Crippen LogP) is 2.66. The average molecular weight is 194 g/mol. The second-order valence-corrected chi connectivity index (χ2v) is 3.07. The zero-order chi connectivity index (χ0) is 10.1. The molecule has 72 valence electrons. The number of hydrogen-bond donors (Lipinski definition) is 1. The summed E-state index contributed by atoms with van der Waals surface area (Å²) in [6.45, 7) is 1.64. The molecule has 0 bridgehead atoms. The molecule has 4 heteroatoms. The van der Waals surface area contributed by atoms with Crippen molar-refractivity contribution >= 4 is 0 Å². The van der Waals surface area contributed by atoms with E-state index in [1.165, 1.54) is 24.7 Å². The van der Waals surface area contributed by atoms with Crippen LogP contribution in [0.15, 0.2) is 24.7 Å². The van der Waals surface area contributed by atoms with Crippen molar-refractivity contribution in [2.24, 2.45) is 0 Å². The molecule has 2 nitrogen and oxygen atoms in total. The molecular formula is C10H8F2N2. The summed E-state index contributed by atoms with van der Waals surface area (Å²) >= 11 is 0. The highest BCUT2D eigenvalue weighted by atomic mass is 19.1. The summed E-state index contributed by atoms with van der Waals surface area (Å²) < 4.78 is 26.8. The minimum absolute atomic E-state index is 0.0619. The van der Waals surface area contributed by atoms with Gasteiger partial charge in [-0.1, -0.05) is 0 Å². The number of hydrogen-bond acceptors (Lipinski definition) is 1. The second-order valence-electron chi connectivity index (χ2n) is 3.07. The quantitative estimate of drug-likeness (QED) is 0.742. The minimum atomic E-state index is -0.577. The van der Waals surface area contributed by atoms with Crippen LogP contribution in [0.1, 0.15) is 5.56 Å². The van der Waals surface area contributed by atoms with Crippen LogP contribution in [0.3, 0.4) is 0 Å². The molecule has 0 fully saturated rings. The molecule has 0 atom stereocenters. The van der Waals surface area contributed by atoms with Gasteiger partial charge < -0.3 is 4.98 Å². The second kappa shape index (κ2) is 3.21. The smallest absolute Gasteiger partial charge is 0.135 e. The molecule has 0 aliphatic rings. The normalized spacial score (nSPS) is 10.5. The molecule has 1 aromatic heterocycles. The zero-order valence-corrected chi connectivity index (χ0v) is 7.51. The predicted molar refractivity (Wildman–Crippen MR) is 48.7 cm³/mol. The van der Waals surface area contributed by atoms with Gasteiger partial charge in [0.2, 0.25) is 0 Å². The Morgan fingerprint density at radius 1 is 1.21 bits per heavy atom. The third kappa shape index (κ3) is 1.39. The van der Waals surface area contributed by atoms with Crippen molar-refractivity contribution in [3.05, 3.63) is 41.9 Å². The van der Waals surface area contributed by atoms with Gasteiger partial charge in [-0.15, -0.1) is 0 Å². The van der Waals surface area contributed by atoms with E-state index < -0.39 is 11.6 Å². The molecule has 14 heavy (non-hydrogen) atoms. The van der Waals surface area contributed by atoms with E-state index in [1.807, 2.05) is 0 Å².